The fourth-order valence-electron chi connectivity index (χ4n) is 4.07. The summed E-state index contributed by atoms with van der Waals surface area (Å²) in [7, 11) is 0. The van der Waals surface area contributed by atoms with E-state index in [4.69, 9.17) is 39.5 Å². The number of benzene rings is 3. The van der Waals surface area contributed by atoms with E-state index in [1.807, 2.05) is 58.0 Å². The van der Waals surface area contributed by atoms with E-state index in [1.165, 1.54) is 4.90 Å². The maximum absolute atomic E-state index is 13.8. The zero-order valence-corrected chi connectivity index (χ0v) is 24.3. The molecule has 202 valence electrons. The van der Waals surface area contributed by atoms with E-state index in [-0.39, 0.29) is 31.0 Å². The number of hydrogen-bond donors (Lipinski definition) is 1. The molecule has 0 aliphatic heterocycles. The van der Waals surface area contributed by atoms with Gasteiger partial charge in [-0.15, -0.1) is 0 Å². The molecule has 0 heterocycles. The van der Waals surface area contributed by atoms with Crippen molar-refractivity contribution in [1.29, 1.82) is 0 Å². The van der Waals surface area contributed by atoms with Gasteiger partial charge >= 0.3 is 0 Å². The number of carbonyl (C=O) groups is 2. The molecule has 38 heavy (non-hydrogen) atoms. The summed E-state index contributed by atoms with van der Waals surface area (Å²) >= 11 is 19.3. The smallest absolute Gasteiger partial charge is 0.261 e. The molecule has 2 atom stereocenters. The van der Waals surface area contributed by atoms with Crippen molar-refractivity contribution < 1.29 is 14.3 Å². The average Bonchev–Trinajstić information content (AvgIpc) is 2.89. The number of nitrogens with one attached hydrogen (secondary N) is 1. The molecule has 0 aliphatic rings. The second kappa shape index (κ2) is 13.9. The zero-order valence-electron chi connectivity index (χ0n) is 22.1. The summed E-state index contributed by atoms with van der Waals surface area (Å²) in [5.74, 6) is -0.0958. The third kappa shape index (κ3) is 7.89. The lowest BCUT2D eigenvalue weighted by Gasteiger charge is -2.32. The van der Waals surface area contributed by atoms with Crippen LogP contribution in [0.3, 0.4) is 0 Å². The van der Waals surface area contributed by atoms with Crippen LogP contribution in [0.2, 0.25) is 15.1 Å². The number of nitrogens with zero attached hydrogens (tertiary/aromatic N) is 1. The van der Waals surface area contributed by atoms with Gasteiger partial charge in [-0.1, -0.05) is 78.1 Å². The maximum Gasteiger partial charge on any atom is 0.261 e. The van der Waals surface area contributed by atoms with Crippen LogP contribution in [0.15, 0.2) is 60.7 Å². The molecule has 1 N–H and O–H groups in total. The Morgan fingerprint density at radius 2 is 1.55 bits per heavy atom. The van der Waals surface area contributed by atoms with Crippen molar-refractivity contribution in [3.8, 4) is 5.75 Å². The third-order valence-corrected chi connectivity index (χ3v) is 7.74. The second-order valence-corrected chi connectivity index (χ2v) is 10.6. The van der Waals surface area contributed by atoms with Crippen LogP contribution in [0.1, 0.15) is 42.5 Å². The first-order valence-electron chi connectivity index (χ1n) is 12.6. The van der Waals surface area contributed by atoms with E-state index in [0.29, 0.717) is 32.8 Å². The summed E-state index contributed by atoms with van der Waals surface area (Å²) < 4.78 is 5.90. The van der Waals surface area contributed by atoms with Crippen LogP contribution in [0.4, 0.5) is 0 Å². The van der Waals surface area contributed by atoms with Crippen LogP contribution in [0.5, 0.6) is 5.75 Å². The van der Waals surface area contributed by atoms with E-state index < -0.39 is 6.04 Å². The molecule has 5 nitrogen and oxygen atoms in total. The van der Waals surface area contributed by atoms with Gasteiger partial charge in [0.1, 0.15) is 11.8 Å². The van der Waals surface area contributed by atoms with Gasteiger partial charge in [-0.05, 0) is 68.1 Å². The Labute approximate surface area is 240 Å². The molecule has 0 bridgehead atoms. The SMILES string of the molecule is CC[C@H](C)NC(=O)[C@H](Cc1ccccc1)N(Cc1c(Cl)cccc1Cl)C(=O)COc1cc(C)c(Cl)c(C)c1. The fraction of sp³-hybridized carbons (Fsp3) is 0.333. The number of hydrogen-bond acceptors (Lipinski definition) is 3. The number of amides is 2. The molecule has 0 radical (unpaired) electrons. The third-order valence-electron chi connectivity index (χ3n) is 6.43. The Morgan fingerprint density at radius 1 is 0.947 bits per heavy atom. The first kappa shape index (κ1) is 29.8. The van der Waals surface area contributed by atoms with Crippen molar-refractivity contribution >= 4 is 46.6 Å². The molecule has 2 amide bonds. The van der Waals surface area contributed by atoms with Gasteiger partial charge in [0.2, 0.25) is 5.91 Å². The highest BCUT2D eigenvalue weighted by atomic mass is 35.5. The molecule has 0 unspecified atom stereocenters. The van der Waals surface area contributed by atoms with E-state index in [9.17, 15) is 9.59 Å². The van der Waals surface area contributed by atoms with Gasteiger partial charge in [0.05, 0.1) is 0 Å². The van der Waals surface area contributed by atoms with Crippen LogP contribution >= 0.6 is 34.8 Å². The Bertz CT molecular complexity index is 1220. The highest BCUT2D eigenvalue weighted by molar-refractivity contribution is 6.36. The number of ether oxygens (including phenoxy) is 1. The van der Waals surface area contributed by atoms with Gasteiger partial charge in [-0.3, -0.25) is 9.59 Å². The van der Waals surface area contributed by atoms with Crippen LogP contribution in [-0.4, -0.2) is 35.4 Å². The minimum Gasteiger partial charge on any atom is -0.484 e. The molecule has 3 rings (SSSR count). The fourth-order valence-corrected chi connectivity index (χ4v) is 4.69. The number of rotatable bonds is 11. The Morgan fingerprint density at radius 3 is 2.13 bits per heavy atom. The summed E-state index contributed by atoms with van der Waals surface area (Å²) in [5, 5.41) is 4.53. The van der Waals surface area contributed by atoms with Crippen molar-refractivity contribution in [3.05, 3.63) is 98.0 Å². The minimum atomic E-state index is -0.816. The Kier molecular flexibility index (Phi) is 10.9. The monoisotopic (exact) mass is 574 g/mol. The molecule has 3 aromatic rings. The number of aryl methyl sites for hydroxylation is 2. The van der Waals surface area contributed by atoms with E-state index in [2.05, 4.69) is 5.32 Å². The van der Waals surface area contributed by atoms with Crippen molar-refractivity contribution in [2.75, 3.05) is 6.61 Å². The summed E-state index contributed by atoms with van der Waals surface area (Å²) in [5.41, 5.74) is 3.19. The van der Waals surface area contributed by atoms with Gasteiger partial charge in [0.25, 0.3) is 5.91 Å². The topological polar surface area (TPSA) is 58.6 Å². The van der Waals surface area contributed by atoms with Crippen molar-refractivity contribution in [3.63, 3.8) is 0 Å². The lowest BCUT2D eigenvalue weighted by molar-refractivity contribution is -0.143. The second-order valence-electron chi connectivity index (χ2n) is 9.40. The highest BCUT2D eigenvalue weighted by Crippen LogP contribution is 2.28. The van der Waals surface area contributed by atoms with Crippen LogP contribution in [0, 0.1) is 13.8 Å². The van der Waals surface area contributed by atoms with Gasteiger partial charge in [0, 0.05) is 39.6 Å². The minimum absolute atomic E-state index is 0.0464. The standard InChI is InChI=1S/C30H33Cl3N2O3/c1-5-21(4)34-30(37)27(16-22-10-7-6-8-11-22)35(17-24-25(31)12-9-13-26(24)32)28(36)18-38-23-14-19(2)29(33)20(3)15-23/h6-15,21,27H,5,16-18H2,1-4H3,(H,34,37)/t21-,27-/m0/s1. The number of carbonyl (C=O) groups excluding carboxylic acids is 2. The van der Waals surface area contributed by atoms with Gasteiger partial charge in [0.15, 0.2) is 6.61 Å². The first-order chi connectivity index (χ1) is 18.1. The lowest BCUT2D eigenvalue weighted by atomic mass is 10.0. The zero-order chi connectivity index (χ0) is 27.8. The quantitative estimate of drug-likeness (QED) is 0.263. The van der Waals surface area contributed by atoms with Crippen LogP contribution in [-0.2, 0) is 22.6 Å². The largest absolute Gasteiger partial charge is 0.484 e. The van der Waals surface area contributed by atoms with Crippen molar-refractivity contribution in [2.24, 2.45) is 0 Å². The molecule has 0 aliphatic carbocycles. The predicted molar refractivity (Wildman–Crippen MR) is 155 cm³/mol. The number of halogens is 3. The molecule has 0 aromatic heterocycles. The lowest BCUT2D eigenvalue weighted by Crippen LogP contribution is -2.53. The molecular weight excluding hydrogens is 543 g/mol. The molecule has 0 saturated carbocycles. The van der Waals surface area contributed by atoms with Gasteiger partial charge in [-0.2, -0.15) is 0 Å². The van der Waals surface area contributed by atoms with E-state index in [1.54, 1.807) is 30.3 Å². The Balaban J connectivity index is 1.98. The molecule has 3 aromatic carbocycles. The average molecular weight is 576 g/mol. The molecular formula is C30H33Cl3N2O3. The summed E-state index contributed by atoms with van der Waals surface area (Å²) in [6.45, 7) is 7.46. The maximum atomic E-state index is 13.8. The normalized spacial score (nSPS) is 12.5. The van der Waals surface area contributed by atoms with Crippen LogP contribution in [0.25, 0.3) is 0 Å². The predicted octanol–water partition coefficient (Wildman–Crippen LogP) is 7.20. The first-order valence-corrected chi connectivity index (χ1v) is 13.7. The van der Waals surface area contributed by atoms with Crippen molar-refractivity contribution in [2.45, 2.75) is 59.2 Å². The van der Waals surface area contributed by atoms with Crippen LogP contribution < -0.4 is 10.1 Å². The molecule has 0 saturated heterocycles. The van der Waals surface area contributed by atoms with Crippen molar-refractivity contribution in [1.82, 2.24) is 10.2 Å². The van der Waals surface area contributed by atoms with E-state index >= 15 is 0 Å². The summed E-state index contributed by atoms with van der Waals surface area (Å²) in [4.78, 5) is 28.9. The summed E-state index contributed by atoms with van der Waals surface area (Å²) in [6, 6.07) is 17.5. The highest BCUT2D eigenvalue weighted by Gasteiger charge is 2.32. The molecule has 8 heteroatoms. The molecule has 0 fully saturated rings. The van der Waals surface area contributed by atoms with Gasteiger partial charge in [-0.25, -0.2) is 0 Å². The summed E-state index contributed by atoms with van der Waals surface area (Å²) in [6.07, 6.45) is 1.07. The van der Waals surface area contributed by atoms with Gasteiger partial charge < -0.3 is 15.0 Å². The van der Waals surface area contributed by atoms with E-state index in [0.717, 1.165) is 23.1 Å². The Hall–Kier alpha value is -2.73. The molecule has 0 spiro atoms.